The van der Waals surface area contributed by atoms with Crippen molar-refractivity contribution in [3.8, 4) is 0 Å². The van der Waals surface area contributed by atoms with Crippen LogP contribution in [0.1, 0.15) is 38.0 Å². The molecule has 0 aromatic carbocycles. The van der Waals surface area contributed by atoms with Gasteiger partial charge in [-0.2, -0.15) is 4.98 Å². The predicted octanol–water partition coefficient (Wildman–Crippen LogP) is 1.70. The lowest BCUT2D eigenvalue weighted by molar-refractivity contribution is 0.410. The van der Waals surface area contributed by atoms with Crippen LogP contribution in [-0.2, 0) is 11.8 Å². The van der Waals surface area contributed by atoms with Gasteiger partial charge in [-0.05, 0) is 6.92 Å². The lowest BCUT2D eigenvalue weighted by Gasteiger charge is -2.19. The summed E-state index contributed by atoms with van der Waals surface area (Å²) in [7, 11) is 0. The Morgan fingerprint density at radius 3 is 2.65 bits per heavy atom. The highest BCUT2D eigenvalue weighted by Gasteiger charge is 2.20. The van der Waals surface area contributed by atoms with E-state index in [9.17, 15) is 0 Å². The molecule has 0 saturated carbocycles. The van der Waals surface area contributed by atoms with Gasteiger partial charge in [-0.15, -0.1) is 0 Å². The number of nitrogen functional groups attached to an aromatic ring is 1. The highest BCUT2D eigenvalue weighted by molar-refractivity contribution is 5.55. The Balaban J connectivity index is 2.12. The van der Waals surface area contributed by atoms with Gasteiger partial charge < -0.3 is 15.6 Å². The highest BCUT2D eigenvalue weighted by atomic mass is 16.5. The molecular weight excluding hydrogens is 256 g/mol. The van der Waals surface area contributed by atoms with Gasteiger partial charge in [-0.3, -0.25) is 0 Å². The molecule has 0 spiro atoms. The molecule has 2 heterocycles. The van der Waals surface area contributed by atoms with E-state index in [-0.39, 0.29) is 5.41 Å². The average Bonchev–Trinajstić information content (AvgIpc) is 2.86. The van der Waals surface area contributed by atoms with E-state index >= 15 is 0 Å². The van der Waals surface area contributed by atoms with Crippen LogP contribution in [0, 0.1) is 6.92 Å². The molecule has 0 radical (unpaired) electrons. The Kier molecular flexibility index (Phi) is 3.87. The molecule has 0 unspecified atom stereocenters. The van der Waals surface area contributed by atoms with Crippen molar-refractivity contribution < 1.29 is 4.52 Å². The second-order valence-corrected chi connectivity index (χ2v) is 5.68. The minimum atomic E-state index is -0.147. The van der Waals surface area contributed by atoms with Gasteiger partial charge in [0.25, 0.3) is 0 Å². The van der Waals surface area contributed by atoms with Crippen LogP contribution in [0.3, 0.4) is 0 Å². The third-order valence-electron chi connectivity index (χ3n) is 2.90. The maximum Gasteiger partial charge on any atom is 0.213 e. The Bertz CT molecular complexity index is 573. The molecule has 2 aromatic rings. The van der Waals surface area contributed by atoms with Gasteiger partial charge in [0.2, 0.25) is 6.39 Å². The molecule has 3 N–H and O–H groups in total. The lowest BCUT2D eigenvalue weighted by Crippen LogP contribution is -2.20. The largest absolute Gasteiger partial charge is 0.383 e. The molecular formula is C13H20N6O. The number of anilines is 2. The first kappa shape index (κ1) is 14.2. The minimum Gasteiger partial charge on any atom is -0.383 e. The summed E-state index contributed by atoms with van der Waals surface area (Å²) >= 11 is 0. The van der Waals surface area contributed by atoms with Gasteiger partial charge in [0.1, 0.15) is 17.5 Å². The molecule has 0 bridgehead atoms. The smallest absolute Gasteiger partial charge is 0.213 e. The minimum absolute atomic E-state index is 0.147. The molecule has 0 aliphatic heterocycles. The van der Waals surface area contributed by atoms with Crippen molar-refractivity contribution in [1.82, 2.24) is 20.1 Å². The summed E-state index contributed by atoms with van der Waals surface area (Å²) in [6, 6.07) is 0. The number of nitrogens with zero attached hydrogens (tertiary/aromatic N) is 4. The average molecular weight is 276 g/mol. The lowest BCUT2D eigenvalue weighted by atomic mass is 9.95. The zero-order valence-electron chi connectivity index (χ0n) is 12.3. The molecule has 0 aliphatic rings. The first-order valence-electron chi connectivity index (χ1n) is 6.51. The molecule has 7 nitrogen and oxygen atoms in total. The third kappa shape index (κ3) is 3.23. The fourth-order valence-corrected chi connectivity index (χ4v) is 1.64. The summed E-state index contributed by atoms with van der Waals surface area (Å²) in [4.78, 5) is 12.9. The molecule has 0 fully saturated rings. The van der Waals surface area contributed by atoms with Gasteiger partial charge in [0.15, 0.2) is 5.82 Å². The van der Waals surface area contributed by atoms with Crippen LogP contribution in [0.4, 0.5) is 11.6 Å². The van der Waals surface area contributed by atoms with Crippen LogP contribution in [0.25, 0.3) is 0 Å². The van der Waals surface area contributed by atoms with Crippen molar-refractivity contribution in [2.75, 3.05) is 17.6 Å². The summed E-state index contributed by atoms with van der Waals surface area (Å²) < 4.78 is 4.69. The maximum atomic E-state index is 5.95. The molecule has 0 atom stereocenters. The monoisotopic (exact) mass is 276 g/mol. The van der Waals surface area contributed by atoms with Gasteiger partial charge in [0, 0.05) is 23.9 Å². The summed E-state index contributed by atoms with van der Waals surface area (Å²) in [5, 5.41) is 7.01. The molecule has 7 heteroatoms. The highest BCUT2D eigenvalue weighted by Crippen LogP contribution is 2.24. The van der Waals surface area contributed by atoms with Crippen LogP contribution in [0.5, 0.6) is 0 Å². The van der Waals surface area contributed by atoms with Crippen LogP contribution in [0.2, 0.25) is 0 Å². The zero-order valence-corrected chi connectivity index (χ0v) is 12.3. The molecule has 0 aliphatic carbocycles. The molecule has 20 heavy (non-hydrogen) atoms. The Morgan fingerprint density at radius 1 is 1.30 bits per heavy atom. The van der Waals surface area contributed by atoms with E-state index in [4.69, 9.17) is 5.73 Å². The van der Waals surface area contributed by atoms with Gasteiger partial charge in [-0.1, -0.05) is 25.9 Å². The van der Waals surface area contributed by atoms with E-state index in [2.05, 4.69) is 50.7 Å². The molecule has 2 aromatic heterocycles. The van der Waals surface area contributed by atoms with Crippen molar-refractivity contribution in [2.24, 2.45) is 0 Å². The normalized spacial score (nSPS) is 11.6. The summed E-state index contributed by atoms with van der Waals surface area (Å²) in [6.07, 6.45) is 1.98. The summed E-state index contributed by atoms with van der Waals surface area (Å²) in [5.41, 5.74) is 6.66. The Labute approximate surface area is 118 Å². The molecule has 108 valence electrons. The van der Waals surface area contributed by atoms with Crippen LogP contribution >= 0.6 is 0 Å². The topological polar surface area (TPSA) is 103 Å². The number of rotatable bonds is 4. The summed E-state index contributed by atoms with van der Waals surface area (Å²) in [6.45, 7) is 8.72. The predicted molar refractivity (Wildman–Crippen MR) is 76.4 cm³/mol. The number of nitrogens with two attached hydrogens (primary N) is 1. The number of aromatic nitrogens is 4. The van der Waals surface area contributed by atoms with E-state index in [1.54, 1.807) is 0 Å². The summed E-state index contributed by atoms with van der Waals surface area (Å²) in [5.74, 6) is 2.65. The van der Waals surface area contributed by atoms with Crippen molar-refractivity contribution >= 4 is 11.6 Å². The SMILES string of the molecule is Cc1c(N)nc(C(C)(C)C)nc1NCCc1ncon1. The van der Waals surface area contributed by atoms with Gasteiger partial charge in [-0.25, -0.2) is 9.97 Å². The van der Waals surface area contributed by atoms with E-state index in [1.165, 1.54) is 6.39 Å². The second kappa shape index (κ2) is 5.44. The third-order valence-corrected chi connectivity index (χ3v) is 2.90. The fourth-order valence-electron chi connectivity index (χ4n) is 1.64. The van der Waals surface area contributed by atoms with Gasteiger partial charge >= 0.3 is 0 Å². The number of nitrogens with one attached hydrogen (secondary N) is 1. The van der Waals surface area contributed by atoms with Crippen molar-refractivity contribution in [3.63, 3.8) is 0 Å². The van der Waals surface area contributed by atoms with E-state index in [1.807, 2.05) is 6.92 Å². The quantitative estimate of drug-likeness (QED) is 0.876. The van der Waals surface area contributed by atoms with Crippen molar-refractivity contribution in [3.05, 3.63) is 23.6 Å². The second-order valence-electron chi connectivity index (χ2n) is 5.68. The zero-order chi connectivity index (χ0) is 14.8. The Hall–Kier alpha value is -2.18. The van der Waals surface area contributed by atoms with Crippen LogP contribution < -0.4 is 11.1 Å². The molecule has 2 rings (SSSR count). The molecule has 0 amide bonds. The number of hydrogen-bond donors (Lipinski definition) is 2. The van der Waals surface area contributed by atoms with E-state index in [0.717, 1.165) is 17.2 Å². The number of hydrogen-bond acceptors (Lipinski definition) is 7. The van der Waals surface area contributed by atoms with Crippen LogP contribution in [0.15, 0.2) is 10.9 Å². The van der Waals surface area contributed by atoms with Gasteiger partial charge in [0.05, 0.1) is 0 Å². The maximum absolute atomic E-state index is 5.95. The molecule has 0 saturated heterocycles. The Morgan fingerprint density at radius 2 is 2.05 bits per heavy atom. The fraction of sp³-hybridized carbons (Fsp3) is 0.538. The van der Waals surface area contributed by atoms with E-state index < -0.39 is 0 Å². The van der Waals surface area contributed by atoms with Crippen molar-refractivity contribution in [1.29, 1.82) is 0 Å². The van der Waals surface area contributed by atoms with E-state index in [0.29, 0.717) is 24.6 Å². The first-order valence-corrected chi connectivity index (χ1v) is 6.51. The van der Waals surface area contributed by atoms with Crippen molar-refractivity contribution in [2.45, 2.75) is 39.5 Å². The first-order chi connectivity index (χ1) is 9.38. The van der Waals surface area contributed by atoms with Crippen LogP contribution in [-0.4, -0.2) is 26.7 Å². The standard InChI is InChI=1S/C13H20N6O/c1-8-10(14)17-12(13(2,3)4)18-11(8)15-6-5-9-16-7-20-19-9/h7H,5-6H2,1-4H3,(H3,14,15,17,18).